The van der Waals surface area contributed by atoms with E-state index in [4.69, 9.17) is 0 Å². The van der Waals surface area contributed by atoms with Crippen LogP contribution in [0, 0.1) is 0 Å². The van der Waals surface area contributed by atoms with Gasteiger partial charge in [0, 0.05) is 37.9 Å². The van der Waals surface area contributed by atoms with Gasteiger partial charge in [0.2, 0.25) is 0 Å². The third-order valence-corrected chi connectivity index (χ3v) is 5.13. The summed E-state index contributed by atoms with van der Waals surface area (Å²) in [6, 6.07) is 22.0. The van der Waals surface area contributed by atoms with Crippen molar-refractivity contribution in [2.45, 2.75) is 33.0 Å². The Morgan fingerprint density at radius 3 is 2.27 bits per heavy atom. The number of hydrogen-bond acceptors (Lipinski definition) is 4. The first-order valence-electron chi connectivity index (χ1n) is 10.6. The summed E-state index contributed by atoms with van der Waals surface area (Å²) in [5.74, 6) is -0.147. The zero-order valence-electron chi connectivity index (χ0n) is 17.6. The van der Waals surface area contributed by atoms with Crippen LogP contribution in [0.25, 0.3) is 0 Å². The molecule has 0 saturated carbocycles. The first-order valence-corrected chi connectivity index (χ1v) is 10.6. The van der Waals surface area contributed by atoms with Crippen LogP contribution in [0.5, 0.6) is 5.75 Å². The van der Waals surface area contributed by atoms with Crippen LogP contribution in [0.15, 0.2) is 77.7 Å². The Balaban J connectivity index is 1.59. The molecule has 158 valence electrons. The van der Waals surface area contributed by atoms with Crippen LogP contribution in [0.3, 0.4) is 0 Å². The molecule has 0 bridgehead atoms. The van der Waals surface area contributed by atoms with E-state index in [1.807, 2.05) is 54.6 Å². The van der Waals surface area contributed by atoms with Crippen molar-refractivity contribution in [2.75, 3.05) is 19.6 Å². The van der Waals surface area contributed by atoms with Crippen LogP contribution in [-0.2, 0) is 19.6 Å². The van der Waals surface area contributed by atoms with Gasteiger partial charge in [-0.3, -0.25) is 9.69 Å². The van der Waals surface area contributed by atoms with Gasteiger partial charge >= 0.3 is 0 Å². The lowest BCUT2D eigenvalue weighted by Gasteiger charge is -2.22. The number of pyridine rings is 1. The predicted octanol–water partition coefficient (Wildman–Crippen LogP) is 3.60. The summed E-state index contributed by atoms with van der Waals surface area (Å²) in [4.78, 5) is 14.9. The normalized spacial score (nSPS) is 11.1. The minimum absolute atomic E-state index is 0.147. The number of rotatable bonds is 11. The number of nitrogens with one attached hydrogen (secondary N) is 1. The molecule has 3 rings (SSSR count). The van der Waals surface area contributed by atoms with Gasteiger partial charge in [0.15, 0.2) is 5.75 Å². The second kappa shape index (κ2) is 11.3. The summed E-state index contributed by atoms with van der Waals surface area (Å²) in [6.07, 6.45) is 2.80. The molecule has 30 heavy (non-hydrogen) atoms. The Bertz CT molecular complexity index is 955. The molecule has 0 spiro atoms. The summed E-state index contributed by atoms with van der Waals surface area (Å²) < 4.78 is 1.56. The topological polar surface area (TPSA) is 57.5 Å². The van der Waals surface area contributed by atoms with Gasteiger partial charge in [-0.2, -0.15) is 0 Å². The fraction of sp³-hybridized carbons (Fsp3) is 0.320. The van der Waals surface area contributed by atoms with Gasteiger partial charge in [-0.1, -0.05) is 67.6 Å². The minimum Gasteiger partial charge on any atom is -0.503 e. The first-order chi connectivity index (χ1) is 14.7. The number of hydrogen-bond donors (Lipinski definition) is 2. The average molecular weight is 406 g/mol. The van der Waals surface area contributed by atoms with Crippen LogP contribution in [0.4, 0.5) is 0 Å². The molecule has 0 saturated heterocycles. The van der Waals surface area contributed by atoms with Crippen LogP contribution >= 0.6 is 0 Å². The lowest BCUT2D eigenvalue weighted by Crippen LogP contribution is -2.33. The van der Waals surface area contributed by atoms with Gasteiger partial charge in [0.25, 0.3) is 5.56 Å². The standard InChI is InChI=1S/C25H31N3O2/c1-2-15-27(17-14-26-18-21-9-5-3-6-10-21)20-23-13-16-28(25(30)24(23)29)19-22-11-7-4-8-12-22/h3-13,16,26,29H,2,14-15,17-20H2,1H3. The van der Waals surface area contributed by atoms with E-state index in [0.29, 0.717) is 18.7 Å². The second-order valence-electron chi connectivity index (χ2n) is 7.55. The van der Waals surface area contributed by atoms with E-state index in [2.05, 4.69) is 29.3 Å². The molecule has 1 aromatic heterocycles. The lowest BCUT2D eigenvalue weighted by atomic mass is 10.2. The van der Waals surface area contributed by atoms with E-state index in [-0.39, 0.29) is 11.3 Å². The van der Waals surface area contributed by atoms with Crippen molar-refractivity contribution in [1.82, 2.24) is 14.8 Å². The molecule has 0 unspecified atom stereocenters. The fourth-order valence-corrected chi connectivity index (χ4v) is 3.52. The van der Waals surface area contributed by atoms with Crippen molar-refractivity contribution < 1.29 is 5.11 Å². The van der Waals surface area contributed by atoms with Gasteiger partial charge < -0.3 is 15.0 Å². The monoisotopic (exact) mass is 405 g/mol. The quantitative estimate of drug-likeness (QED) is 0.479. The Morgan fingerprint density at radius 2 is 1.60 bits per heavy atom. The van der Waals surface area contributed by atoms with Crippen molar-refractivity contribution >= 4 is 0 Å². The van der Waals surface area contributed by atoms with Crippen molar-refractivity contribution in [1.29, 1.82) is 0 Å². The number of aromatic hydroxyl groups is 1. The number of benzene rings is 2. The zero-order valence-corrected chi connectivity index (χ0v) is 17.6. The average Bonchev–Trinajstić information content (AvgIpc) is 2.78. The Morgan fingerprint density at radius 1 is 0.933 bits per heavy atom. The van der Waals surface area contributed by atoms with Crippen molar-refractivity contribution in [2.24, 2.45) is 0 Å². The molecular weight excluding hydrogens is 374 g/mol. The summed E-state index contributed by atoms with van der Waals surface area (Å²) in [6.45, 7) is 6.61. The second-order valence-corrected chi connectivity index (χ2v) is 7.55. The van der Waals surface area contributed by atoms with Crippen molar-refractivity contribution in [3.63, 3.8) is 0 Å². The molecule has 0 aliphatic heterocycles. The Kier molecular flexibility index (Phi) is 8.24. The minimum atomic E-state index is -0.338. The fourth-order valence-electron chi connectivity index (χ4n) is 3.52. The maximum Gasteiger partial charge on any atom is 0.293 e. The molecule has 0 fully saturated rings. The highest BCUT2D eigenvalue weighted by molar-refractivity contribution is 5.29. The maximum atomic E-state index is 12.6. The highest BCUT2D eigenvalue weighted by Gasteiger charge is 2.13. The summed E-state index contributed by atoms with van der Waals surface area (Å²) in [5.41, 5.74) is 2.64. The van der Waals surface area contributed by atoms with Crippen LogP contribution in [0.1, 0.15) is 30.0 Å². The third kappa shape index (κ3) is 6.31. The van der Waals surface area contributed by atoms with Crippen LogP contribution in [0.2, 0.25) is 0 Å². The molecule has 0 amide bonds. The molecule has 0 aliphatic carbocycles. The van der Waals surface area contributed by atoms with Gasteiger partial charge in [0.05, 0.1) is 6.54 Å². The van der Waals surface area contributed by atoms with E-state index >= 15 is 0 Å². The summed E-state index contributed by atoms with van der Waals surface area (Å²) >= 11 is 0. The first kappa shape index (κ1) is 21.8. The van der Waals surface area contributed by atoms with Gasteiger partial charge in [-0.25, -0.2) is 0 Å². The van der Waals surface area contributed by atoms with E-state index in [9.17, 15) is 9.90 Å². The molecule has 2 N–H and O–H groups in total. The Labute approximate surface area is 178 Å². The third-order valence-electron chi connectivity index (χ3n) is 5.13. The van der Waals surface area contributed by atoms with Crippen LogP contribution in [-0.4, -0.2) is 34.2 Å². The molecule has 0 radical (unpaired) electrons. The summed E-state index contributed by atoms with van der Waals surface area (Å²) in [7, 11) is 0. The maximum absolute atomic E-state index is 12.6. The molecule has 0 aliphatic rings. The smallest absolute Gasteiger partial charge is 0.293 e. The van der Waals surface area contributed by atoms with Crippen molar-refractivity contribution in [3.8, 4) is 5.75 Å². The molecule has 5 nitrogen and oxygen atoms in total. The van der Waals surface area contributed by atoms with Crippen molar-refractivity contribution in [3.05, 3.63) is 100.0 Å². The van der Waals surface area contributed by atoms with Gasteiger partial charge in [-0.05, 0) is 30.2 Å². The Hall–Kier alpha value is -2.89. The number of aromatic nitrogens is 1. The largest absolute Gasteiger partial charge is 0.503 e. The highest BCUT2D eigenvalue weighted by atomic mass is 16.3. The van der Waals surface area contributed by atoms with Gasteiger partial charge in [0.1, 0.15) is 0 Å². The lowest BCUT2D eigenvalue weighted by molar-refractivity contribution is 0.261. The molecular formula is C25H31N3O2. The number of nitrogens with zero attached hydrogens (tertiary/aromatic N) is 2. The van der Waals surface area contributed by atoms with E-state index in [0.717, 1.165) is 38.2 Å². The highest BCUT2D eigenvalue weighted by Crippen LogP contribution is 2.14. The van der Waals surface area contributed by atoms with Crippen LogP contribution < -0.4 is 10.9 Å². The zero-order chi connectivity index (χ0) is 21.2. The van der Waals surface area contributed by atoms with E-state index < -0.39 is 0 Å². The van der Waals surface area contributed by atoms with E-state index in [1.165, 1.54) is 5.56 Å². The molecule has 3 aromatic rings. The molecule has 1 heterocycles. The van der Waals surface area contributed by atoms with Gasteiger partial charge in [-0.15, -0.1) is 0 Å². The predicted molar refractivity (Wildman–Crippen MR) is 122 cm³/mol. The molecule has 0 atom stereocenters. The summed E-state index contributed by atoms with van der Waals surface area (Å²) in [5, 5.41) is 14.0. The van der Waals surface area contributed by atoms with E-state index in [1.54, 1.807) is 10.8 Å². The SMILES string of the molecule is CCCN(CCNCc1ccccc1)Cc1ccn(Cc2ccccc2)c(=O)c1O. The molecule has 2 aromatic carbocycles. The molecule has 5 heteroatoms.